The van der Waals surface area contributed by atoms with E-state index in [4.69, 9.17) is 0 Å². The van der Waals surface area contributed by atoms with Crippen molar-refractivity contribution in [3.05, 3.63) is 59.8 Å². The third-order valence-corrected chi connectivity index (χ3v) is 4.07. The summed E-state index contributed by atoms with van der Waals surface area (Å²) in [5, 5.41) is 5.38. The van der Waals surface area contributed by atoms with Crippen LogP contribution in [0.15, 0.2) is 59.8 Å². The molecule has 0 amide bonds. The summed E-state index contributed by atoms with van der Waals surface area (Å²) in [6.45, 7) is 0. The van der Waals surface area contributed by atoms with Gasteiger partial charge in [0.1, 0.15) is 6.33 Å². The summed E-state index contributed by atoms with van der Waals surface area (Å²) in [5.41, 5.74) is 5.44. The first kappa shape index (κ1) is 11.4. The molecule has 0 aliphatic heterocycles. The van der Waals surface area contributed by atoms with Crippen molar-refractivity contribution in [3.63, 3.8) is 0 Å². The number of nitrogens with one attached hydrogen (secondary N) is 1. The molecular formula is C16H11N3S. The summed E-state index contributed by atoms with van der Waals surface area (Å²) in [6.07, 6.45) is 5.50. The van der Waals surface area contributed by atoms with E-state index in [0.29, 0.717) is 0 Å². The topological polar surface area (TPSA) is 41.6 Å². The van der Waals surface area contributed by atoms with Gasteiger partial charge in [-0.2, -0.15) is 11.3 Å². The third kappa shape index (κ3) is 1.73. The fraction of sp³-hybridized carbons (Fsp3) is 0. The lowest BCUT2D eigenvalue weighted by molar-refractivity contribution is 1.18. The van der Waals surface area contributed by atoms with Crippen molar-refractivity contribution in [1.29, 1.82) is 0 Å². The van der Waals surface area contributed by atoms with Crippen LogP contribution in [0.4, 0.5) is 0 Å². The molecule has 0 radical (unpaired) electrons. The summed E-state index contributed by atoms with van der Waals surface area (Å²) in [5.74, 6) is 0. The van der Waals surface area contributed by atoms with Gasteiger partial charge in [-0.3, -0.25) is 0 Å². The highest BCUT2D eigenvalue weighted by atomic mass is 32.1. The van der Waals surface area contributed by atoms with Crippen molar-refractivity contribution >= 4 is 22.2 Å². The van der Waals surface area contributed by atoms with Gasteiger partial charge < -0.3 is 4.98 Å². The normalized spacial score (nSPS) is 11.0. The van der Waals surface area contributed by atoms with Crippen LogP contribution in [0.1, 0.15) is 0 Å². The summed E-state index contributed by atoms with van der Waals surface area (Å²) < 4.78 is 0. The Bertz CT molecular complexity index is 862. The van der Waals surface area contributed by atoms with Crippen LogP contribution in [0.2, 0.25) is 0 Å². The molecule has 20 heavy (non-hydrogen) atoms. The number of fused-ring (bicyclic) bond motifs is 1. The lowest BCUT2D eigenvalue weighted by atomic mass is 10.0. The Morgan fingerprint density at radius 2 is 2.00 bits per heavy atom. The van der Waals surface area contributed by atoms with E-state index in [0.717, 1.165) is 27.9 Å². The fourth-order valence-electron chi connectivity index (χ4n) is 2.44. The lowest BCUT2D eigenvalue weighted by Crippen LogP contribution is -1.89. The number of H-pyrrole nitrogens is 1. The van der Waals surface area contributed by atoms with E-state index in [1.54, 1.807) is 17.7 Å². The monoisotopic (exact) mass is 277 g/mol. The number of para-hydroxylation sites is 1. The van der Waals surface area contributed by atoms with E-state index >= 15 is 0 Å². The van der Waals surface area contributed by atoms with Crippen molar-refractivity contribution in [2.45, 2.75) is 0 Å². The zero-order valence-corrected chi connectivity index (χ0v) is 11.4. The highest BCUT2D eigenvalue weighted by Gasteiger charge is 2.13. The first-order valence-electron chi connectivity index (χ1n) is 6.32. The quantitative estimate of drug-likeness (QED) is 0.591. The van der Waals surface area contributed by atoms with Crippen LogP contribution in [-0.2, 0) is 0 Å². The molecule has 0 bridgehead atoms. The largest absolute Gasteiger partial charge is 0.360 e. The van der Waals surface area contributed by atoms with Crippen molar-refractivity contribution in [1.82, 2.24) is 15.0 Å². The minimum Gasteiger partial charge on any atom is -0.360 e. The van der Waals surface area contributed by atoms with Crippen LogP contribution in [0.5, 0.6) is 0 Å². The van der Waals surface area contributed by atoms with E-state index in [9.17, 15) is 0 Å². The number of hydrogen-bond acceptors (Lipinski definition) is 3. The number of benzene rings is 1. The van der Waals surface area contributed by atoms with Crippen LogP contribution < -0.4 is 0 Å². The molecule has 0 fully saturated rings. The van der Waals surface area contributed by atoms with Crippen molar-refractivity contribution in [2.75, 3.05) is 0 Å². The average molecular weight is 277 g/mol. The van der Waals surface area contributed by atoms with Gasteiger partial charge in [-0.15, -0.1) is 0 Å². The molecule has 3 aromatic heterocycles. The zero-order valence-electron chi connectivity index (χ0n) is 10.6. The second kappa shape index (κ2) is 4.58. The molecule has 1 aromatic carbocycles. The predicted octanol–water partition coefficient (Wildman–Crippen LogP) is 4.35. The minimum absolute atomic E-state index is 0.968. The van der Waals surface area contributed by atoms with Crippen molar-refractivity contribution < 1.29 is 0 Å². The first-order chi connectivity index (χ1) is 9.93. The smallest absolute Gasteiger partial charge is 0.116 e. The molecule has 4 rings (SSSR count). The Morgan fingerprint density at radius 1 is 1.05 bits per heavy atom. The van der Waals surface area contributed by atoms with Gasteiger partial charge in [0.15, 0.2) is 0 Å². The van der Waals surface area contributed by atoms with E-state index < -0.39 is 0 Å². The number of aromatic nitrogens is 3. The van der Waals surface area contributed by atoms with Gasteiger partial charge in [-0.05, 0) is 28.5 Å². The Hall–Kier alpha value is -2.46. The van der Waals surface area contributed by atoms with Gasteiger partial charge >= 0.3 is 0 Å². The Balaban J connectivity index is 1.99. The maximum Gasteiger partial charge on any atom is 0.116 e. The third-order valence-electron chi connectivity index (χ3n) is 3.39. The lowest BCUT2D eigenvalue weighted by Gasteiger charge is -2.05. The van der Waals surface area contributed by atoms with Gasteiger partial charge in [0.2, 0.25) is 0 Å². The number of thiophene rings is 1. The predicted molar refractivity (Wildman–Crippen MR) is 82.6 cm³/mol. The molecule has 4 aromatic rings. The molecule has 0 aliphatic carbocycles. The van der Waals surface area contributed by atoms with E-state index in [1.807, 2.05) is 24.5 Å². The molecule has 0 saturated heterocycles. The van der Waals surface area contributed by atoms with Crippen LogP contribution in [0, 0.1) is 0 Å². The summed E-state index contributed by atoms with van der Waals surface area (Å²) >= 11 is 1.68. The number of nitrogens with zero attached hydrogens (tertiary/aromatic N) is 2. The number of rotatable bonds is 2. The molecule has 3 heterocycles. The number of hydrogen-bond donors (Lipinski definition) is 1. The Morgan fingerprint density at radius 3 is 2.90 bits per heavy atom. The van der Waals surface area contributed by atoms with Crippen LogP contribution in [0.25, 0.3) is 33.3 Å². The maximum atomic E-state index is 4.50. The molecule has 0 aliphatic rings. The van der Waals surface area contributed by atoms with Crippen LogP contribution >= 0.6 is 11.3 Å². The van der Waals surface area contributed by atoms with Crippen LogP contribution in [0.3, 0.4) is 0 Å². The van der Waals surface area contributed by atoms with Crippen molar-refractivity contribution in [3.8, 4) is 22.4 Å². The Labute approximate surface area is 120 Å². The molecular weight excluding hydrogens is 266 g/mol. The fourth-order valence-corrected chi connectivity index (χ4v) is 3.10. The van der Waals surface area contributed by atoms with Crippen LogP contribution in [-0.4, -0.2) is 15.0 Å². The Kier molecular flexibility index (Phi) is 2.60. The SMILES string of the molecule is c1ccc2c(-c3ncncc3-c3ccsc3)c[nH]c2c1. The second-order valence-corrected chi connectivity index (χ2v) is 5.33. The zero-order chi connectivity index (χ0) is 13.4. The maximum absolute atomic E-state index is 4.50. The molecule has 0 spiro atoms. The first-order valence-corrected chi connectivity index (χ1v) is 7.27. The summed E-state index contributed by atoms with van der Waals surface area (Å²) in [6, 6.07) is 10.4. The molecule has 1 N–H and O–H groups in total. The highest BCUT2D eigenvalue weighted by molar-refractivity contribution is 7.08. The molecule has 0 saturated carbocycles. The average Bonchev–Trinajstić information content (AvgIpc) is 3.17. The van der Waals surface area contributed by atoms with E-state index in [2.05, 4.69) is 43.9 Å². The molecule has 3 nitrogen and oxygen atoms in total. The second-order valence-electron chi connectivity index (χ2n) is 4.54. The molecule has 96 valence electrons. The molecule has 0 unspecified atom stereocenters. The standard InChI is InChI=1S/C16H11N3S/c1-2-4-15-12(3-1)14(8-18-15)16-13(7-17-10-19-16)11-5-6-20-9-11/h1-10,18H. The van der Waals surface area contributed by atoms with Crippen molar-refractivity contribution in [2.24, 2.45) is 0 Å². The van der Waals surface area contributed by atoms with Gasteiger partial charge in [0.05, 0.1) is 5.69 Å². The molecule has 4 heteroatoms. The van der Waals surface area contributed by atoms with Gasteiger partial charge in [0.25, 0.3) is 0 Å². The van der Waals surface area contributed by atoms with E-state index in [1.165, 1.54) is 5.39 Å². The molecule has 0 atom stereocenters. The minimum atomic E-state index is 0.968. The van der Waals surface area contributed by atoms with Gasteiger partial charge in [-0.1, -0.05) is 18.2 Å². The summed E-state index contributed by atoms with van der Waals surface area (Å²) in [7, 11) is 0. The summed E-state index contributed by atoms with van der Waals surface area (Å²) in [4.78, 5) is 12.0. The van der Waals surface area contributed by atoms with Gasteiger partial charge in [-0.25, -0.2) is 9.97 Å². The highest BCUT2D eigenvalue weighted by Crippen LogP contribution is 2.34. The van der Waals surface area contributed by atoms with Gasteiger partial charge in [0, 0.05) is 34.4 Å². The number of aromatic amines is 1. The van der Waals surface area contributed by atoms with E-state index in [-0.39, 0.29) is 0 Å².